The molecule has 0 aromatic heterocycles. The van der Waals surface area contributed by atoms with Crippen LogP contribution in [0, 0.1) is 5.82 Å². The van der Waals surface area contributed by atoms with Gasteiger partial charge >= 0.3 is 6.03 Å². The van der Waals surface area contributed by atoms with Gasteiger partial charge in [0.2, 0.25) is 0 Å². The van der Waals surface area contributed by atoms with E-state index >= 15 is 0 Å². The zero-order valence-electron chi connectivity index (χ0n) is 15.8. The number of carbonyl (C=O) groups is 2. The Morgan fingerprint density at radius 3 is 2.34 bits per heavy atom. The summed E-state index contributed by atoms with van der Waals surface area (Å²) in [4.78, 5) is 28.8. The number of nitrogens with one attached hydrogen (secondary N) is 2. The molecule has 1 saturated heterocycles. The van der Waals surface area contributed by atoms with E-state index in [0.29, 0.717) is 42.5 Å². The van der Waals surface area contributed by atoms with Gasteiger partial charge in [-0.15, -0.1) is 0 Å². The van der Waals surface area contributed by atoms with E-state index in [0.717, 1.165) is 18.5 Å². The fourth-order valence-corrected chi connectivity index (χ4v) is 3.49. The molecule has 0 unspecified atom stereocenters. The first-order chi connectivity index (χ1) is 14.0. The molecule has 0 spiro atoms. The van der Waals surface area contributed by atoms with Gasteiger partial charge in [0.25, 0.3) is 5.91 Å². The molecule has 1 saturated carbocycles. The van der Waals surface area contributed by atoms with E-state index < -0.39 is 0 Å². The molecule has 8 heteroatoms. The molecule has 0 bridgehead atoms. The van der Waals surface area contributed by atoms with Crippen LogP contribution in [0.2, 0.25) is 5.02 Å². The third kappa shape index (κ3) is 4.79. The van der Waals surface area contributed by atoms with Crippen LogP contribution in [0.4, 0.5) is 20.6 Å². The predicted molar refractivity (Wildman–Crippen MR) is 111 cm³/mol. The van der Waals surface area contributed by atoms with Crippen LogP contribution >= 0.6 is 11.6 Å². The first kappa shape index (κ1) is 19.5. The summed E-state index contributed by atoms with van der Waals surface area (Å²) in [5.41, 5.74) is 1.83. The highest BCUT2D eigenvalue weighted by Gasteiger charge is 2.25. The summed E-state index contributed by atoms with van der Waals surface area (Å²) in [6.45, 7) is 2.42. The maximum atomic E-state index is 13.1. The smallest absolute Gasteiger partial charge is 0.321 e. The van der Waals surface area contributed by atoms with Crippen molar-refractivity contribution in [2.24, 2.45) is 0 Å². The fourth-order valence-electron chi connectivity index (χ4n) is 3.29. The van der Waals surface area contributed by atoms with Crippen molar-refractivity contribution in [2.45, 2.75) is 18.9 Å². The zero-order valence-corrected chi connectivity index (χ0v) is 16.6. The van der Waals surface area contributed by atoms with E-state index in [4.69, 9.17) is 11.6 Å². The number of halogens is 2. The second kappa shape index (κ2) is 8.29. The largest absolute Gasteiger partial charge is 0.368 e. The molecule has 2 aromatic carbocycles. The lowest BCUT2D eigenvalue weighted by Gasteiger charge is -2.36. The van der Waals surface area contributed by atoms with Crippen LogP contribution in [0.1, 0.15) is 23.2 Å². The molecule has 2 N–H and O–H groups in total. The summed E-state index contributed by atoms with van der Waals surface area (Å²) < 4.78 is 13.1. The van der Waals surface area contributed by atoms with E-state index in [1.807, 2.05) is 0 Å². The van der Waals surface area contributed by atoms with Crippen molar-refractivity contribution in [3.05, 3.63) is 58.9 Å². The van der Waals surface area contributed by atoms with E-state index in [-0.39, 0.29) is 23.8 Å². The molecule has 2 aromatic rings. The SMILES string of the molecule is O=C(NC1CC1)c1cc(NC(=O)N2CCN(c3ccc(F)cc3)CC2)ccc1Cl. The van der Waals surface area contributed by atoms with Gasteiger partial charge in [-0.3, -0.25) is 4.79 Å². The molecular weight excluding hydrogens is 395 g/mol. The van der Waals surface area contributed by atoms with Gasteiger partial charge in [-0.25, -0.2) is 9.18 Å². The van der Waals surface area contributed by atoms with E-state index in [9.17, 15) is 14.0 Å². The van der Waals surface area contributed by atoms with Crippen molar-refractivity contribution in [2.75, 3.05) is 36.4 Å². The quantitative estimate of drug-likeness (QED) is 0.798. The number of urea groups is 1. The number of nitrogens with zero attached hydrogens (tertiary/aromatic N) is 2. The van der Waals surface area contributed by atoms with Gasteiger partial charge in [0.05, 0.1) is 10.6 Å². The monoisotopic (exact) mass is 416 g/mol. The number of benzene rings is 2. The third-order valence-electron chi connectivity index (χ3n) is 5.13. The van der Waals surface area contributed by atoms with Crippen molar-refractivity contribution in [3.8, 4) is 0 Å². The second-order valence-corrected chi connectivity index (χ2v) is 7.73. The number of rotatable bonds is 4. The highest BCUT2D eigenvalue weighted by Crippen LogP contribution is 2.24. The van der Waals surface area contributed by atoms with Gasteiger partial charge in [-0.1, -0.05) is 11.6 Å². The van der Waals surface area contributed by atoms with Crippen LogP contribution in [0.25, 0.3) is 0 Å². The molecule has 0 atom stereocenters. The topological polar surface area (TPSA) is 64.7 Å². The molecule has 2 fully saturated rings. The average Bonchev–Trinajstić information content (AvgIpc) is 3.54. The van der Waals surface area contributed by atoms with Crippen LogP contribution in [-0.4, -0.2) is 49.1 Å². The number of amides is 3. The number of hydrogen-bond donors (Lipinski definition) is 2. The first-order valence-electron chi connectivity index (χ1n) is 9.66. The Labute approximate surface area is 173 Å². The molecule has 1 aliphatic heterocycles. The normalized spacial score (nSPS) is 16.5. The molecule has 0 radical (unpaired) electrons. The number of anilines is 2. The van der Waals surface area contributed by atoms with Crippen molar-refractivity contribution >= 4 is 34.9 Å². The number of hydrogen-bond acceptors (Lipinski definition) is 3. The van der Waals surface area contributed by atoms with Crippen molar-refractivity contribution in [3.63, 3.8) is 0 Å². The summed E-state index contributed by atoms with van der Waals surface area (Å²) in [5.74, 6) is -0.485. The molecule has 6 nitrogen and oxygen atoms in total. The molecule has 1 heterocycles. The van der Waals surface area contributed by atoms with Crippen molar-refractivity contribution < 1.29 is 14.0 Å². The standard InChI is InChI=1S/C21H22ClFN4O2/c22-19-8-5-16(13-18(19)20(28)24-15-3-4-15)25-21(29)27-11-9-26(10-12-27)17-6-1-14(23)2-7-17/h1-2,5-8,13,15H,3-4,9-12H2,(H,24,28)(H,25,29). The Kier molecular flexibility index (Phi) is 5.58. The van der Waals surface area contributed by atoms with Crippen LogP contribution in [-0.2, 0) is 0 Å². The Bertz CT molecular complexity index is 909. The van der Waals surface area contributed by atoms with Gasteiger partial charge in [0.1, 0.15) is 5.82 Å². The van der Waals surface area contributed by atoms with E-state index in [1.54, 1.807) is 35.2 Å². The molecule has 152 valence electrons. The van der Waals surface area contributed by atoms with Crippen LogP contribution in [0.3, 0.4) is 0 Å². The van der Waals surface area contributed by atoms with Gasteiger partial charge < -0.3 is 20.4 Å². The molecule has 1 aliphatic carbocycles. The lowest BCUT2D eigenvalue weighted by atomic mass is 10.2. The average molecular weight is 417 g/mol. The molecule has 3 amide bonds. The number of piperazine rings is 1. The van der Waals surface area contributed by atoms with Gasteiger partial charge in [-0.2, -0.15) is 0 Å². The minimum absolute atomic E-state index is 0.221. The lowest BCUT2D eigenvalue weighted by molar-refractivity contribution is 0.0951. The summed E-state index contributed by atoms with van der Waals surface area (Å²) in [5, 5.41) is 6.10. The molecule has 29 heavy (non-hydrogen) atoms. The summed E-state index contributed by atoms with van der Waals surface area (Å²) in [6, 6.07) is 11.3. The Morgan fingerprint density at radius 1 is 1.00 bits per heavy atom. The highest BCUT2D eigenvalue weighted by atomic mass is 35.5. The maximum absolute atomic E-state index is 13.1. The van der Waals surface area contributed by atoms with Crippen molar-refractivity contribution in [1.29, 1.82) is 0 Å². The lowest BCUT2D eigenvalue weighted by Crippen LogP contribution is -2.50. The number of carbonyl (C=O) groups excluding carboxylic acids is 2. The third-order valence-corrected chi connectivity index (χ3v) is 5.46. The van der Waals surface area contributed by atoms with E-state index in [2.05, 4.69) is 15.5 Å². The van der Waals surface area contributed by atoms with Gasteiger partial charge in [-0.05, 0) is 55.3 Å². The van der Waals surface area contributed by atoms with E-state index in [1.165, 1.54) is 12.1 Å². The minimum Gasteiger partial charge on any atom is -0.368 e. The van der Waals surface area contributed by atoms with Gasteiger partial charge in [0.15, 0.2) is 0 Å². The molecule has 2 aliphatic rings. The summed E-state index contributed by atoms with van der Waals surface area (Å²) >= 11 is 6.15. The Hall–Kier alpha value is -2.80. The van der Waals surface area contributed by atoms with Gasteiger partial charge in [0, 0.05) is 43.6 Å². The van der Waals surface area contributed by atoms with Crippen LogP contribution < -0.4 is 15.5 Å². The summed E-state index contributed by atoms with van der Waals surface area (Å²) in [6.07, 6.45) is 1.98. The van der Waals surface area contributed by atoms with Crippen LogP contribution in [0.15, 0.2) is 42.5 Å². The molecular formula is C21H22ClFN4O2. The predicted octanol–water partition coefficient (Wildman–Crippen LogP) is 3.73. The minimum atomic E-state index is -0.264. The van der Waals surface area contributed by atoms with Crippen molar-refractivity contribution in [1.82, 2.24) is 10.2 Å². The zero-order chi connectivity index (χ0) is 20.4. The second-order valence-electron chi connectivity index (χ2n) is 7.32. The maximum Gasteiger partial charge on any atom is 0.321 e. The summed E-state index contributed by atoms with van der Waals surface area (Å²) in [7, 11) is 0. The molecule has 4 rings (SSSR count). The first-order valence-corrected chi connectivity index (χ1v) is 10.0. The Morgan fingerprint density at radius 2 is 1.69 bits per heavy atom. The fraction of sp³-hybridized carbons (Fsp3) is 0.333. The van der Waals surface area contributed by atoms with Crippen LogP contribution in [0.5, 0.6) is 0 Å². The Balaban J connectivity index is 1.35. The highest BCUT2D eigenvalue weighted by molar-refractivity contribution is 6.34.